The molecule has 0 saturated heterocycles. The third-order valence-corrected chi connectivity index (χ3v) is 5.31. The highest BCUT2D eigenvalue weighted by atomic mass is 16.5. The van der Waals surface area contributed by atoms with Crippen molar-refractivity contribution in [1.82, 2.24) is 9.55 Å². The Morgan fingerprint density at radius 3 is 2.59 bits per heavy atom. The Labute approximate surface area is 188 Å². The van der Waals surface area contributed by atoms with Gasteiger partial charge in [-0.25, -0.2) is 4.98 Å². The summed E-state index contributed by atoms with van der Waals surface area (Å²) < 4.78 is 19.2. The number of imidazole rings is 1. The van der Waals surface area contributed by atoms with Crippen molar-refractivity contribution < 1.29 is 14.2 Å². The molecule has 0 fully saturated rings. The van der Waals surface area contributed by atoms with Crippen molar-refractivity contribution >= 4 is 17.1 Å². The fraction of sp³-hybridized carbons (Fsp3) is 0.222. The second-order valence-corrected chi connectivity index (χ2v) is 7.42. The first-order valence-electron chi connectivity index (χ1n) is 10.8. The number of methoxy groups -OCH3 is 2. The zero-order chi connectivity index (χ0) is 22.3. The minimum atomic E-state index is 0.573. The van der Waals surface area contributed by atoms with Gasteiger partial charge in [-0.15, -0.1) is 0 Å². The van der Waals surface area contributed by atoms with E-state index in [-0.39, 0.29) is 0 Å². The summed E-state index contributed by atoms with van der Waals surface area (Å²) in [6.45, 7) is 3.35. The molecule has 0 aliphatic carbocycles. The van der Waals surface area contributed by atoms with Crippen LogP contribution in [0, 0.1) is 0 Å². The molecule has 164 valence electrons. The highest BCUT2D eigenvalue weighted by Gasteiger charge is 2.13. The lowest BCUT2D eigenvalue weighted by Gasteiger charge is -2.13. The molecule has 0 radical (unpaired) electrons. The molecule has 0 saturated carbocycles. The van der Waals surface area contributed by atoms with Crippen LogP contribution >= 0.6 is 0 Å². The molecule has 0 bridgehead atoms. The van der Waals surface area contributed by atoms with Crippen molar-refractivity contribution in [2.45, 2.75) is 19.9 Å². The largest absolute Gasteiger partial charge is 0.497 e. The number of aromatic nitrogens is 2. The number of allylic oxidation sites excluding steroid dienone is 1. The van der Waals surface area contributed by atoms with E-state index in [2.05, 4.69) is 16.7 Å². The first kappa shape index (κ1) is 21.5. The van der Waals surface area contributed by atoms with E-state index in [4.69, 9.17) is 19.2 Å². The van der Waals surface area contributed by atoms with Crippen LogP contribution in [0.3, 0.4) is 0 Å². The summed E-state index contributed by atoms with van der Waals surface area (Å²) in [5, 5.41) is 0. The maximum Gasteiger partial charge on any atom is 0.161 e. The Balaban J connectivity index is 1.52. The molecular formula is C27H28N2O3. The Morgan fingerprint density at radius 2 is 1.78 bits per heavy atom. The van der Waals surface area contributed by atoms with E-state index >= 15 is 0 Å². The number of ether oxygens (including phenoxy) is 3. The predicted octanol–water partition coefficient (Wildman–Crippen LogP) is 6.22. The summed E-state index contributed by atoms with van der Waals surface area (Å²) in [4.78, 5) is 4.89. The Hall–Kier alpha value is -3.73. The minimum Gasteiger partial charge on any atom is -0.497 e. The van der Waals surface area contributed by atoms with Crippen molar-refractivity contribution in [2.75, 3.05) is 20.8 Å². The highest BCUT2D eigenvalue weighted by Crippen LogP contribution is 2.30. The van der Waals surface area contributed by atoms with Crippen LogP contribution in [0.25, 0.3) is 28.5 Å². The van der Waals surface area contributed by atoms with E-state index < -0.39 is 0 Å². The molecule has 0 atom stereocenters. The van der Waals surface area contributed by atoms with E-state index in [0.29, 0.717) is 6.61 Å². The molecule has 0 amide bonds. The van der Waals surface area contributed by atoms with Gasteiger partial charge in [0.2, 0.25) is 0 Å². The van der Waals surface area contributed by atoms with Crippen LogP contribution in [0.15, 0.2) is 72.8 Å². The van der Waals surface area contributed by atoms with Gasteiger partial charge in [0.15, 0.2) is 11.5 Å². The highest BCUT2D eigenvalue weighted by molar-refractivity contribution is 5.80. The smallest absolute Gasteiger partial charge is 0.161 e. The van der Waals surface area contributed by atoms with Gasteiger partial charge in [-0.1, -0.05) is 42.5 Å². The molecule has 32 heavy (non-hydrogen) atoms. The summed E-state index contributed by atoms with van der Waals surface area (Å²) in [5.74, 6) is 3.24. The molecule has 0 spiro atoms. The summed E-state index contributed by atoms with van der Waals surface area (Å²) in [6.07, 6.45) is 4.87. The second kappa shape index (κ2) is 10.1. The number of nitrogens with zero attached hydrogens (tertiary/aromatic N) is 2. The summed E-state index contributed by atoms with van der Waals surface area (Å²) in [5.41, 5.74) is 4.21. The minimum absolute atomic E-state index is 0.573. The number of para-hydroxylation sites is 2. The van der Waals surface area contributed by atoms with Crippen LogP contribution in [0.2, 0.25) is 0 Å². The van der Waals surface area contributed by atoms with Crippen LogP contribution < -0.4 is 14.2 Å². The van der Waals surface area contributed by atoms with Crippen LogP contribution in [-0.4, -0.2) is 30.4 Å². The first-order valence-corrected chi connectivity index (χ1v) is 10.8. The number of aryl methyl sites for hydroxylation is 1. The van der Waals surface area contributed by atoms with Crippen LogP contribution in [0.4, 0.5) is 0 Å². The van der Waals surface area contributed by atoms with E-state index in [1.165, 1.54) is 0 Å². The Bertz CT molecular complexity index is 1230. The fourth-order valence-corrected chi connectivity index (χ4v) is 3.79. The SMILES string of the molecule is C/C=C/c1ccc(OCCCn2c(-c3cccc(OC)c3)nc3ccccc32)c(OC)c1. The normalized spacial score (nSPS) is 11.2. The topological polar surface area (TPSA) is 45.5 Å². The van der Waals surface area contributed by atoms with Gasteiger partial charge in [-0.2, -0.15) is 0 Å². The van der Waals surface area contributed by atoms with Gasteiger partial charge in [-0.3, -0.25) is 0 Å². The molecule has 0 aliphatic rings. The molecule has 4 aromatic rings. The lowest BCUT2D eigenvalue weighted by atomic mass is 10.2. The molecule has 4 rings (SSSR count). The van der Waals surface area contributed by atoms with Crippen molar-refractivity contribution in [1.29, 1.82) is 0 Å². The molecular weight excluding hydrogens is 400 g/mol. The van der Waals surface area contributed by atoms with Gasteiger partial charge in [0.05, 0.1) is 31.9 Å². The van der Waals surface area contributed by atoms with Crippen LogP contribution in [0.1, 0.15) is 18.9 Å². The number of hydrogen-bond donors (Lipinski definition) is 0. The molecule has 5 nitrogen and oxygen atoms in total. The quantitative estimate of drug-likeness (QED) is 0.297. The Morgan fingerprint density at radius 1 is 0.906 bits per heavy atom. The standard InChI is InChI=1S/C27H28N2O3/c1-4-9-20-14-15-25(26(18-20)31-3)32-17-8-16-29-24-13-6-5-12-23(24)28-27(29)21-10-7-11-22(19-21)30-2/h4-7,9-15,18-19H,8,16-17H2,1-3H3/b9-4+. The number of rotatable bonds is 9. The van der Waals surface area contributed by atoms with Crippen LogP contribution in [0.5, 0.6) is 17.2 Å². The molecule has 1 aromatic heterocycles. The monoisotopic (exact) mass is 428 g/mol. The second-order valence-electron chi connectivity index (χ2n) is 7.42. The molecule has 3 aromatic carbocycles. The summed E-state index contributed by atoms with van der Waals surface area (Å²) in [6, 6.07) is 22.2. The van der Waals surface area contributed by atoms with Crippen LogP contribution in [-0.2, 0) is 6.54 Å². The lowest BCUT2D eigenvalue weighted by molar-refractivity contribution is 0.283. The zero-order valence-electron chi connectivity index (χ0n) is 18.7. The summed E-state index contributed by atoms with van der Waals surface area (Å²) >= 11 is 0. The summed E-state index contributed by atoms with van der Waals surface area (Å²) in [7, 11) is 3.35. The number of hydrogen-bond acceptors (Lipinski definition) is 4. The van der Waals surface area contributed by atoms with E-state index in [9.17, 15) is 0 Å². The predicted molar refractivity (Wildman–Crippen MR) is 130 cm³/mol. The Kier molecular flexibility index (Phi) is 6.75. The number of benzene rings is 3. The van der Waals surface area contributed by atoms with Crippen molar-refractivity contribution in [3.05, 3.63) is 78.4 Å². The maximum absolute atomic E-state index is 6.05. The molecule has 1 heterocycles. The van der Waals surface area contributed by atoms with Gasteiger partial charge in [0.1, 0.15) is 11.6 Å². The van der Waals surface area contributed by atoms with Gasteiger partial charge < -0.3 is 18.8 Å². The lowest BCUT2D eigenvalue weighted by Crippen LogP contribution is -2.06. The number of fused-ring (bicyclic) bond motifs is 1. The average Bonchev–Trinajstić information content (AvgIpc) is 3.21. The molecule has 5 heteroatoms. The fourth-order valence-electron chi connectivity index (χ4n) is 3.79. The average molecular weight is 429 g/mol. The van der Waals surface area contributed by atoms with Crippen molar-refractivity contribution in [2.24, 2.45) is 0 Å². The molecule has 0 N–H and O–H groups in total. The molecule has 0 unspecified atom stereocenters. The first-order chi connectivity index (χ1) is 15.7. The van der Waals surface area contributed by atoms with E-state index in [1.807, 2.05) is 73.7 Å². The third-order valence-electron chi connectivity index (χ3n) is 5.31. The van der Waals surface area contributed by atoms with Gasteiger partial charge >= 0.3 is 0 Å². The van der Waals surface area contributed by atoms with E-state index in [0.717, 1.165) is 58.2 Å². The molecule has 0 aliphatic heterocycles. The van der Waals surface area contributed by atoms with E-state index in [1.54, 1.807) is 14.2 Å². The van der Waals surface area contributed by atoms with Crippen molar-refractivity contribution in [3.63, 3.8) is 0 Å². The van der Waals surface area contributed by atoms with Gasteiger partial charge in [-0.05, 0) is 55.3 Å². The third kappa shape index (κ3) is 4.62. The zero-order valence-corrected chi connectivity index (χ0v) is 18.7. The maximum atomic E-state index is 6.05. The van der Waals surface area contributed by atoms with Gasteiger partial charge in [0, 0.05) is 12.1 Å². The van der Waals surface area contributed by atoms with Gasteiger partial charge in [0.25, 0.3) is 0 Å². The van der Waals surface area contributed by atoms with Crippen molar-refractivity contribution in [3.8, 4) is 28.6 Å².